The summed E-state index contributed by atoms with van der Waals surface area (Å²) < 4.78 is 0. The molecule has 5 aromatic rings. The average molecular weight is 1490 g/mol. The first-order valence-electron chi connectivity index (χ1n) is 35.6. The van der Waals surface area contributed by atoms with Crippen LogP contribution in [0.15, 0.2) is 85.2 Å². The van der Waals surface area contributed by atoms with E-state index in [0.29, 0.717) is 51.3 Å². The van der Waals surface area contributed by atoms with Crippen molar-refractivity contribution in [1.82, 2.24) is 73.8 Å². The van der Waals surface area contributed by atoms with E-state index in [1.54, 1.807) is 74.8 Å². The summed E-state index contributed by atoms with van der Waals surface area (Å²) in [6, 6.07) is 5.03. The number of nitrogens with two attached hydrogens (primary N) is 4. The lowest BCUT2D eigenvalue weighted by Gasteiger charge is -2.29. The Hall–Kier alpha value is -11.0. The van der Waals surface area contributed by atoms with Gasteiger partial charge < -0.3 is 112 Å². The maximum atomic E-state index is 14.9. The van der Waals surface area contributed by atoms with Crippen LogP contribution in [0.4, 0.5) is 0 Å². The van der Waals surface area contributed by atoms with Gasteiger partial charge in [0, 0.05) is 59.9 Å². The summed E-state index contributed by atoms with van der Waals surface area (Å²) in [5, 5.41) is 62.0. The van der Waals surface area contributed by atoms with Crippen LogP contribution in [0.5, 0.6) is 5.75 Å². The Kier molecular flexibility index (Phi) is 35.1. The summed E-state index contributed by atoms with van der Waals surface area (Å²) in [5.74, 6) is -13.2. The molecule has 107 heavy (non-hydrogen) atoms. The molecule has 25 N–H and O–H groups in total. The number of aromatic hydroxyl groups is 1. The number of fused-ring (bicyclic) bond motifs is 2. The zero-order chi connectivity index (χ0) is 79.0. The number of nitrogens with one attached hydrogen (secondary N) is 14. The van der Waals surface area contributed by atoms with Gasteiger partial charge in [0.2, 0.25) is 82.7 Å². The van der Waals surface area contributed by atoms with Crippen molar-refractivity contribution >= 4 is 105 Å². The van der Waals surface area contributed by atoms with E-state index in [2.05, 4.69) is 73.8 Å². The molecule has 1 unspecified atom stereocenters. The number of hydrogen-bond donors (Lipinski definition) is 21. The minimum absolute atomic E-state index is 0.0291. The van der Waals surface area contributed by atoms with Gasteiger partial charge in [0.05, 0.1) is 32.2 Å². The van der Waals surface area contributed by atoms with Gasteiger partial charge in [-0.25, -0.2) is 0 Å². The number of amides is 14. The molecule has 0 aliphatic rings. The fourth-order valence-electron chi connectivity index (χ4n) is 11.3. The Morgan fingerprint density at radius 3 is 1.40 bits per heavy atom. The molecular weight excluding hydrogens is 1390 g/mol. The van der Waals surface area contributed by atoms with Crippen LogP contribution in [-0.4, -0.2) is 207 Å². The first-order valence-corrected chi connectivity index (χ1v) is 35.6. The van der Waals surface area contributed by atoms with Gasteiger partial charge in [0.15, 0.2) is 0 Å². The van der Waals surface area contributed by atoms with Crippen molar-refractivity contribution in [2.24, 2.45) is 34.8 Å². The SMILES string of the molecule is CCC(C)CCC(=O)N[C@H](CC(N)=O)C(=O)N[C@H](Cc1ccc(O)cc1)C(=O)N[C@H](Cc1c[nH]c2ccccc12)C(=O)N[C@H](CCCN)C(=O)N[C@@H](CCCN)C(=O)NCC(=O)N[C@H](C)C(=O)N[C@@H](Cc1c[nH]c2ccccc12)C(=O)N[C@H](C(=O)N[C@H](C(=O)NCC(=O)N[C@@H](CO)C(N)=O)[C@@H](C)CC)[C@@H](C)O. The molecule has 0 saturated heterocycles. The van der Waals surface area contributed by atoms with E-state index in [1.165, 1.54) is 38.1 Å². The molecule has 35 heteroatoms. The number of aromatic amines is 2. The molecule has 0 spiro atoms. The quantitative estimate of drug-likeness (QED) is 0.0180. The topological polar surface area (TPSA) is 580 Å². The maximum Gasteiger partial charge on any atom is 0.245 e. The molecule has 0 aliphatic heterocycles. The fraction of sp³-hybridized carbons (Fsp3) is 0.500. The molecule has 2 aromatic heterocycles. The molecular formula is C72H104N18O17. The molecule has 0 bridgehead atoms. The molecule has 0 aliphatic carbocycles. The Morgan fingerprint density at radius 1 is 0.458 bits per heavy atom. The molecule has 5 rings (SSSR count). The Balaban J connectivity index is 1.32. The van der Waals surface area contributed by atoms with E-state index >= 15 is 0 Å². The second kappa shape index (κ2) is 43.4. The van der Waals surface area contributed by atoms with E-state index in [4.69, 9.17) is 22.9 Å². The molecule has 35 nitrogen and oxygen atoms in total. The number of carbonyl (C=O) groups excluding carboxylic acids is 14. The van der Waals surface area contributed by atoms with Crippen molar-refractivity contribution in [3.63, 3.8) is 0 Å². The molecule has 2 heterocycles. The first-order chi connectivity index (χ1) is 50.9. The highest BCUT2D eigenvalue weighted by Gasteiger charge is 2.37. The lowest BCUT2D eigenvalue weighted by atomic mass is 9.97. The summed E-state index contributed by atoms with van der Waals surface area (Å²) in [4.78, 5) is 198. The Morgan fingerprint density at radius 2 is 0.907 bits per heavy atom. The highest BCUT2D eigenvalue weighted by Crippen LogP contribution is 2.22. The van der Waals surface area contributed by atoms with Gasteiger partial charge in [-0.15, -0.1) is 0 Å². The number of hydrogen-bond acceptors (Lipinski definition) is 19. The van der Waals surface area contributed by atoms with E-state index < -0.39 is 181 Å². The average Bonchev–Trinajstić information content (AvgIpc) is 1.71. The normalized spacial score (nSPS) is 14.9. The molecule has 14 amide bonds. The van der Waals surface area contributed by atoms with Gasteiger partial charge in [-0.3, -0.25) is 67.1 Å². The summed E-state index contributed by atoms with van der Waals surface area (Å²) in [6.07, 6.45) is 2.09. The third kappa shape index (κ3) is 27.8. The van der Waals surface area contributed by atoms with Gasteiger partial charge in [0.25, 0.3) is 0 Å². The molecule has 3 aromatic carbocycles. The molecule has 584 valence electrons. The third-order valence-electron chi connectivity index (χ3n) is 18.1. The number of H-pyrrole nitrogens is 2. The number of carbonyl (C=O) groups is 14. The van der Waals surface area contributed by atoms with Crippen LogP contribution < -0.4 is 86.7 Å². The largest absolute Gasteiger partial charge is 0.508 e. The van der Waals surface area contributed by atoms with Gasteiger partial charge in [-0.2, -0.15) is 0 Å². The number of aromatic nitrogens is 2. The highest BCUT2D eigenvalue weighted by molar-refractivity contribution is 6.00. The number of para-hydroxylation sites is 2. The second-order valence-corrected chi connectivity index (χ2v) is 26.5. The van der Waals surface area contributed by atoms with Gasteiger partial charge in [-0.1, -0.05) is 89.1 Å². The predicted octanol–water partition coefficient (Wildman–Crippen LogP) is -3.43. The second-order valence-electron chi connectivity index (χ2n) is 26.5. The number of benzene rings is 3. The van der Waals surface area contributed by atoms with Crippen molar-refractivity contribution in [1.29, 1.82) is 0 Å². The summed E-state index contributed by atoms with van der Waals surface area (Å²) in [7, 11) is 0. The minimum Gasteiger partial charge on any atom is -0.508 e. The standard InChI is InChI=1S/C72H104N18O17/c1-7-38(3)21-26-58(95)82-55(32-57(75)94)69(104)87-52(29-42-22-24-45(93)25-23-42)67(102)88-53(30-43-33-77-48-17-11-9-15-46(43)48)68(103)85-51(20-14-28-74)66(101)84-50(19-13-27-73)65(100)79-35-59(96)81-40(5)64(99)86-54(31-44-34-78-49-18-12-10-16-47(44)49)70(105)90-62(41(6)92)72(107)89-61(39(4)8-2)71(106)80-36-60(97)83-56(37-91)63(76)98/h9-12,15-18,22-25,33-34,38-41,50-56,61-62,77-78,91-93H,7-8,13-14,19-21,26-32,35-37,73-74H2,1-6H3,(H2,75,94)(H2,76,98)(H,79,100)(H,80,106)(H,81,96)(H,82,95)(H,83,97)(H,84,101)(H,85,103)(H,86,99)(H,87,104)(H,88,102)(H,89,107)(H,90,105)/t38?,39-,40+,41+,50-,51+,52+,53+,54-,55+,56-,61-,62-/m0/s1. The fourth-order valence-corrected chi connectivity index (χ4v) is 11.3. The molecule has 13 atom stereocenters. The van der Waals surface area contributed by atoms with Gasteiger partial charge in [0.1, 0.15) is 66.2 Å². The monoisotopic (exact) mass is 1490 g/mol. The number of phenolic OH excluding ortho intramolecular Hbond substituents is 1. The zero-order valence-electron chi connectivity index (χ0n) is 61.0. The molecule has 0 radical (unpaired) electrons. The number of phenols is 1. The lowest BCUT2D eigenvalue weighted by Crippen LogP contribution is -2.62. The van der Waals surface area contributed by atoms with Crippen LogP contribution in [0.25, 0.3) is 21.8 Å². The van der Waals surface area contributed by atoms with E-state index in [9.17, 15) is 82.4 Å². The van der Waals surface area contributed by atoms with Gasteiger partial charge in [-0.05, 0) is 112 Å². The summed E-state index contributed by atoms with van der Waals surface area (Å²) in [5.41, 5.74) is 25.4. The smallest absolute Gasteiger partial charge is 0.245 e. The van der Waals surface area contributed by atoms with Crippen LogP contribution >= 0.6 is 0 Å². The van der Waals surface area contributed by atoms with Crippen LogP contribution in [0.3, 0.4) is 0 Å². The first kappa shape index (κ1) is 86.6. The van der Waals surface area contributed by atoms with Crippen LogP contribution in [-0.2, 0) is 86.4 Å². The lowest BCUT2D eigenvalue weighted by molar-refractivity contribution is -0.137. The number of aliphatic hydroxyl groups is 2. The molecule has 0 fully saturated rings. The van der Waals surface area contributed by atoms with Gasteiger partial charge >= 0.3 is 0 Å². The van der Waals surface area contributed by atoms with Crippen molar-refractivity contribution < 1.29 is 82.4 Å². The van der Waals surface area contributed by atoms with E-state index in [0.717, 1.165) is 6.42 Å². The minimum atomic E-state index is -1.76. The highest BCUT2D eigenvalue weighted by atomic mass is 16.3. The molecule has 0 saturated carbocycles. The third-order valence-corrected chi connectivity index (χ3v) is 18.1. The van der Waals surface area contributed by atoms with Crippen LogP contribution in [0.1, 0.15) is 116 Å². The van der Waals surface area contributed by atoms with E-state index in [-0.39, 0.29) is 76.1 Å². The Bertz CT molecular complexity index is 3880. The Labute approximate surface area is 618 Å². The van der Waals surface area contributed by atoms with Crippen LogP contribution in [0, 0.1) is 11.8 Å². The predicted molar refractivity (Wildman–Crippen MR) is 393 cm³/mol. The zero-order valence-corrected chi connectivity index (χ0v) is 61.0. The maximum absolute atomic E-state index is 14.9. The van der Waals surface area contributed by atoms with Crippen molar-refractivity contribution in [2.45, 2.75) is 185 Å². The summed E-state index contributed by atoms with van der Waals surface area (Å²) >= 11 is 0. The van der Waals surface area contributed by atoms with Crippen molar-refractivity contribution in [3.8, 4) is 5.75 Å². The number of primary amides is 2. The van der Waals surface area contributed by atoms with Crippen LogP contribution in [0.2, 0.25) is 0 Å². The number of aliphatic hydroxyl groups excluding tert-OH is 2. The number of rotatable bonds is 46. The van der Waals surface area contributed by atoms with Crippen molar-refractivity contribution in [2.75, 3.05) is 32.8 Å². The summed E-state index contributed by atoms with van der Waals surface area (Å²) in [6.45, 7) is 7.52. The van der Waals surface area contributed by atoms with Crippen molar-refractivity contribution in [3.05, 3.63) is 102 Å². The van der Waals surface area contributed by atoms with E-state index in [1.807, 2.05) is 13.8 Å².